The molecular weight excluding hydrogens is 527 g/mol. The van der Waals surface area contributed by atoms with E-state index in [1.54, 1.807) is 18.2 Å². The molecule has 8 heteroatoms. The molecule has 1 N–H and O–H groups in total. The SMILES string of the molecule is CCC(C)NC(=O)C(CC)N(Cc1c(Cl)cccc1Cl)C(=O)COc1cc(C)c(Br)c(C)c1. The number of halogens is 3. The third-order valence-corrected chi connectivity index (χ3v) is 7.51. The topological polar surface area (TPSA) is 58.6 Å². The Balaban J connectivity index is 2.32. The van der Waals surface area contributed by atoms with Gasteiger partial charge in [0.1, 0.15) is 11.8 Å². The van der Waals surface area contributed by atoms with Crippen molar-refractivity contribution in [3.8, 4) is 5.75 Å². The van der Waals surface area contributed by atoms with E-state index in [2.05, 4.69) is 21.2 Å². The zero-order valence-electron chi connectivity index (χ0n) is 19.7. The summed E-state index contributed by atoms with van der Waals surface area (Å²) in [4.78, 5) is 27.9. The van der Waals surface area contributed by atoms with Gasteiger partial charge < -0.3 is 15.0 Å². The minimum absolute atomic E-state index is 0.00244. The van der Waals surface area contributed by atoms with Crippen LogP contribution in [0.4, 0.5) is 0 Å². The number of hydrogen-bond donors (Lipinski definition) is 1. The Morgan fingerprint density at radius 2 is 1.67 bits per heavy atom. The number of carbonyl (C=O) groups is 2. The molecule has 33 heavy (non-hydrogen) atoms. The fourth-order valence-electron chi connectivity index (χ4n) is 3.43. The summed E-state index contributed by atoms with van der Waals surface area (Å²) in [6.07, 6.45) is 1.23. The molecule has 2 amide bonds. The van der Waals surface area contributed by atoms with Gasteiger partial charge in [-0.2, -0.15) is 0 Å². The van der Waals surface area contributed by atoms with Crippen LogP contribution in [-0.4, -0.2) is 35.4 Å². The second-order valence-electron chi connectivity index (χ2n) is 8.12. The highest BCUT2D eigenvalue weighted by Gasteiger charge is 2.30. The first-order valence-electron chi connectivity index (χ1n) is 11.0. The van der Waals surface area contributed by atoms with Crippen LogP contribution in [-0.2, 0) is 16.1 Å². The lowest BCUT2D eigenvalue weighted by Crippen LogP contribution is -2.51. The summed E-state index contributed by atoms with van der Waals surface area (Å²) in [6.45, 7) is 9.61. The highest BCUT2D eigenvalue weighted by molar-refractivity contribution is 9.10. The van der Waals surface area contributed by atoms with E-state index < -0.39 is 6.04 Å². The minimum Gasteiger partial charge on any atom is -0.484 e. The van der Waals surface area contributed by atoms with Crippen molar-refractivity contribution >= 4 is 50.9 Å². The Morgan fingerprint density at radius 3 is 2.18 bits per heavy atom. The van der Waals surface area contributed by atoms with Gasteiger partial charge in [0, 0.05) is 32.7 Å². The van der Waals surface area contributed by atoms with Crippen LogP contribution in [0, 0.1) is 13.8 Å². The average molecular weight is 558 g/mol. The van der Waals surface area contributed by atoms with Gasteiger partial charge in [-0.05, 0) is 69.0 Å². The van der Waals surface area contributed by atoms with Gasteiger partial charge in [0.05, 0.1) is 0 Å². The van der Waals surface area contributed by atoms with Gasteiger partial charge in [-0.1, -0.05) is 59.0 Å². The summed E-state index contributed by atoms with van der Waals surface area (Å²) in [5.41, 5.74) is 2.62. The number of aryl methyl sites for hydroxylation is 2. The van der Waals surface area contributed by atoms with Crippen LogP contribution in [0.25, 0.3) is 0 Å². The third-order valence-electron chi connectivity index (χ3n) is 5.55. The van der Waals surface area contributed by atoms with Gasteiger partial charge in [0.2, 0.25) is 5.91 Å². The molecule has 0 fully saturated rings. The third kappa shape index (κ3) is 7.36. The molecule has 0 bridgehead atoms. The molecule has 5 nitrogen and oxygen atoms in total. The smallest absolute Gasteiger partial charge is 0.261 e. The van der Waals surface area contributed by atoms with Crippen LogP contribution >= 0.6 is 39.1 Å². The largest absolute Gasteiger partial charge is 0.484 e. The molecule has 0 spiro atoms. The molecule has 0 radical (unpaired) electrons. The Kier molecular flexibility index (Phi) is 10.5. The van der Waals surface area contributed by atoms with E-state index in [9.17, 15) is 9.59 Å². The Bertz CT molecular complexity index is 956. The number of benzene rings is 2. The van der Waals surface area contributed by atoms with Crippen LogP contribution < -0.4 is 10.1 Å². The first-order valence-corrected chi connectivity index (χ1v) is 12.6. The van der Waals surface area contributed by atoms with E-state index in [0.29, 0.717) is 27.8 Å². The quantitative estimate of drug-likeness (QED) is 0.364. The lowest BCUT2D eigenvalue weighted by Gasteiger charge is -2.32. The molecule has 2 rings (SSSR count). The molecule has 2 aromatic rings. The molecule has 0 saturated heterocycles. The zero-order chi connectivity index (χ0) is 24.7. The average Bonchev–Trinajstić information content (AvgIpc) is 2.77. The monoisotopic (exact) mass is 556 g/mol. The van der Waals surface area contributed by atoms with Crippen LogP contribution in [0.3, 0.4) is 0 Å². The summed E-state index contributed by atoms with van der Waals surface area (Å²) in [7, 11) is 0. The molecule has 2 atom stereocenters. The van der Waals surface area contributed by atoms with Crippen molar-refractivity contribution in [2.24, 2.45) is 0 Å². The maximum Gasteiger partial charge on any atom is 0.261 e. The Hall–Kier alpha value is -1.76. The van der Waals surface area contributed by atoms with Crippen molar-refractivity contribution in [1.82, 2.24) is 10.2 Å². The zero-order valence-corrected chi connectivity index (χ0v) is 22.8. The number of nitrogens with one attached hydrogen (secondary N) is 1. The second-order valence-corrected chi connectivity index (χ2v) is 9.73. The van der Waals surface area contributed by atoms with Gasteiger partial charge in [0.15, 0.2) is 6.61 Å². The molecule has 2 unspecified atom stereocenters. The van der Waals surface area contributed by atoms with Gasteiger partial charge in [0.25, 0.3) is 5.91 Å². The van der Waals surface area contributed by atoms with E-state index in [1.165, 1.54) is 4.90 Å². The maximum absolute atomic E-state index is 13.4. The minimum atomic E-state index is -0.684. The molecule has 0 aromatic heterocycles. The van der Waals surface area contributed by atoms with Crippen molar-refractivity contribution < 1.29 is 14.3 Å². The summed E-state index contributed by atoms with van der Waals surface area (Å²) in [5, 5.41) is 3.87. The molecule has 2 aromatic carbocycles. The van der Waals surface area contributed by atoms with Crippen molar-refractivity contribution in [3.63, 3.8) is 0 Å². The fourth-order valence-corrected chi connectivity index (χ4v) is 4.18. The highest BCUT2D eigenvalue weighted by Crippen LogP contribution is 2.28. The van der Waals surface area contributed by atoms with E-state index in [-0.39, 0.29) is 31.0 Å². The summed E-state index contributed by atoms with van der Waals surface area (Å²) < 4.78 is 6.83. The number of amides is 2. The molecular formula is C25H31BrCl2N2O3. The maximum atomic E-state index is 13.4. The van der Waals surface area contributed by atoms with E-state index in [4.69, 9.17) is 27.9 Å². The van der Waals surface area contributed by atoms with E-state index >= 15 is 0 Å². The standard InChI is InChI=1S/C25H31BrCl2N2O3/c1-6-17(5)29-25(32)22(7-2)30(13-19-20(27)9-8-10-21(19)28)23(31)14-33-18-11-15(3)24(26)16(4)12-18/h8-12,17,22H,6-7,13-14H2,1-5H3,(H,29,32). The first kappa shape index (κ1) is 27.5. The van der Waals surface area contributed by atoms with Crippen molar-refractivity contribution in [1.29, 1.82) is 0 Å². The Labute approximate surface area is 214 Å². The Morgan fingerprint density at radius 1 is 1.09 bits per heavy atom. The molecule has 0 saturated carbocycles. The normalized spacial score (nSPS) is 12.7. The molecule has 180 valence electrons. The summed E-state index contributed by atoms with van der Waals surface area (Å²) in [5.74, 6) is 0.0588. The van der Waals surface area contributed by atoms with E-state index in [1.807, 2.05) is 46.8 Å². The van der Waals surface area contributed by atoms with Gasteiger partial charge in [-0.15, -0.1) is 0 Å². The summed E-state index contributed by atoms with van der Waals surface area (Å²) >= 11 is 16.3. The molecule has 0 aliphatic carbocycles. The van der Waals surface area contributed by atoms with Crippen molar-refractivity contribution in [2.75, 3.05) is 6.61 Å². The fraction of sp³-hybridized carbons (Fsp3) is 0.440. The van der Waals surface area contributed by atoms with Crippen molar-refractivity contribution in [3.05, 3.63) is 61.5 Å². The first-order chi connectivity index (χ1) is 15.6. The van der Waals surface area contributed by atoms with Gasteiger partial charge >= 0.3 is 0 Å². The van der Waals surface area contributed by atoms with Gasteiger partial charge in [-0.3, -0.25) is 9.59 Å². The summed E-state index contributed by atoms with van der Waals surface area (Å²) in [6, 6.07) is 8.23. The molecule has 0 aliphatic rings. The van der Waals surface area contributed by atoms with Crippen LogP contribution in [0.15, 0.2) is 34.8 Å². The van der Waals surface area contributed by atoms with E-state index in [0.717, 1.165) is 22.0 Å². The predicted molar refractivity (Wildman–Crippen MR) is 138 cm³/mol. The predicted octanol–water partition coefficient (Wildman–Crippen LogP) is 6.47. The lowest BCUT2D eigenvalue weighted by molar-refractivity contribution is -0.143. The van der Waals surface area contributed by atoms with Gasteiger partial charge in [-0.25, -0.2) is 0 Å². The van der Waals surface area contributed by atoms with Crippen LogP contribution in [0.1, 0.15) is 50.3 Å². The highest BCUT2D eigenvalue weighted by atomic mass is 79.9. The number of nitrogens with zero attached hydrogens (tertiary/aromatic N) is 1. The van der Waals surface area contributed by atoms with Crippen LogP contribution in [0.5, 0.6) is 5.75 Å². The molecule has 0 heterocycles. The van der Waals surface area contributed by atoms with Crippen molar-refractivity contribution in [2.45, 2.75) is 66.1 Å². The number of carbonyl (C=O) groups excluding carboxylic acids is 2. The number of hydrogen-bond acceptors (Lipinski definition) is 3. The second kappa shape index (κ2) is 12.6. The molecule has 0 aliphatic heterocycles. The van der Waals surface area contributed by atoms with Crippen LogP contribution in [0.2, 0.25) is 10.0 Å². The lowest BCUT2D eigenvalue weighted by atomic mass is 10.1. The number of rotatable bonds is 10. The number of ether oxygens (including phenoxy) is 1.